The third-order valence-corrected chi connectivity index (χ3v) is 5.83. The van der Waals surface area contributed by atoms with E-state index in [1.165, 1.54) is 37.9 Å². The SMILES string of the molecule is S=c1n(C[NH+]2CCCCC2)nc(-c2ccc(Cl)cc2)n1Cc1ccccc1. The molecular weight excluding hydrogens is 376 g/mol. The molecule has 1 N–H and O–H groups in total. The second kappa shape index (κ2) is 8.38. The number of benzene rings is 2. The minimum atomic E-state index is 0.715. The highest BCUT2D eigenvalue weighted by Gasteiger charge is 2.18. The Labute approximate surface area is 170 Å². The molecule has 1 aromatic heterocycles. The quantitative estimate of drug-likeness (QED) is 0.660. The number of hydrogen-bond acceptors (Lipinski definition) is 2. The van der Waals surface area contributed by atoms with Gasteiger partial charge in [-0.25, -0.2) is 0 Å². The van der Waals surface area contributed by atoms with Crippen LogP contribution in [0.3, 0.4) is 0 Å². The van der Waals surface area contributed by atoms with Crippen LogP contribution in [0.4, 0.5) is 0 Å². The maximum atomic E-state index is 6.08. The lowest BCUT2D eigenvalue weighted by Gasteiger charge is -2.22. The molecule has 0 atom stereocenters. The summed E-state index contributed by atoms with van der Waals surface area (Å²) in [4.78, 5) is 1.56. The summed E-state index contributed by atoms with van der Waals surface area (Å²) in [7, 11) is 0. The molecule has 1 fully saturated rings. The minimum absolute atomic E-state index is 0.715. The van der Waals surface area contributed by atoms with Crippen LogP contribution in [0.5, 0.6) is 0 Å². The Hall–Kier alpha value is -1.95. The van der Waals surface area contributed by atoms with Crippen molar-refractivity contribution in [3.8, 4) is 11.4 Å². The molecule has 2 aromatic carbocycles. The van der Waals surface area contributed by atoms with E-state index in [1.54, 1.807) is 4.90 Å². The predicted octanol–water partition coefficient (Wildman–Crippen LogP) is 3.81. The van der Waals surface area contributed by atoms with Gasteiger partial charge in [-0.1, -0.05) is 41.9 Å². The van der Waals surface area contributed by atoms with Crippen LogP contribution in [0.25, 0.3) is 11.4 Å². The molecule has 27 heavy (non-hydrogen) atoms. The van der Waals surface area contributed by atoms with E-state index >= 15 is 0 Å². The Morgan fingerprint density at radius 1 is 0.963 bits per heavy atom. The smallest absolute Gasteiger partial charge is 0.203 e. The molecule has 0 radical (unpaired) electrons. The van der Waals surface area contributed by atoms with Crippen LogP contribution >= 0.6 is 23.8 Å². The zero-order chi connectivity index (χ0) is 18.6. The maximum absolute atomic E-state index is 6.08. The predicted molar refractivity (Wildman–Crippen MR) is 112 cm³/mol. The van der Waals surface area contributed by atoms with E-state index in [4.69, 9.17) is 28.9 Å². The summed E-state index contributed by atoms with van der Waals surface area (Å²) < 4.78 is 4.92. The molecule has 0 aliphatic carbocycles. The van der Waals surface area contributed by atoms with Gasteiger partial charge in [0.2, 0.25) is 4.77 Å². The highest BCUT2D eigenvalue weighted by atomic mass is 35.5. The summed E-state index contributed by atoms with van der Waals surface area (Å²) in [5.74, 6) is 0.900. The third kappa shape index (κ3) is 4.32. The molecule has 4 nitrogen and oxygen atoms in total. The van der Waals surface area contributed by atoms with E-state index in [9.17, 15) is 0 Å². The molecule has 6 heteroatoms. The first-order chi connectivity index (χ1) is 13.2. The normalized spacial score (nSPS) is 15.1. The zero-order valence-corrected chi connectivity index (χ0v) is 16.8. The molecular formula is C21H24ClN4S+. The number of nitrogens with zero attached hydrogens (tertiary/aromatic N) is 3. The standard InChI is InChI=1S/C21H23ClN4S/c22-19-11-9-18(10-12-19)20-23-26(16-24-13-5-2-6-14-24)21(27)25(20)15-17-7-3-1-4-8-17/h1,3-4,7-12H,2,5-6,13-16H2/p+1. The van der Waals surface area contributed by atoms with Crippen LogP contribution in [0, 0.1) is 4.77 Å². The second-order valence-electron chi connectivity index (χ2n) is 7.15. The van der Waals surface area contributed by atoms with Crippen LogP contribution < -0.4 is 4.90 Å². The first kappa shape index (κ1) is 18.4. The Morgan fingerprint density at radius 2 is 1.67 bits per heavy atom. The molecule has 0 spiro atoms. The van der Waals surface area contributed by atoms with Crippen LogP contribution in [0.15, 0.2) is 54.6 Å². The molecule has 0 bridgehead atoms. The summed E-state index contributed by atoms with van der Waals surface area (Å²) >= 11 is 11.9. The first-order valence-electron chi connectivity index (χ1n) is 9.52. The van der Waals surface area contributed by atoms with Gasteiger partial charge < -0.3 is 4.90 Å². The fraction of sp³-hybridized carbons (Fsp3) is 0.333. The van der Waals surface area contributed by atoms with Gasteiger partial charge in [0, 0.05) is 10.6 Å². The number of halogens is 1. The Balaban J connectivity index is 1.71. The van der Waals surface area contributed by atoms with Crippen molar-refractivity contribution in [3.63, 3.8) is 0 Å². The molecule has 3 aromatic rings. The lowest BCUT2D eigenvalue weighted by molar-refractivity contribution is -0.928. The fourth-order valence-corrected chi connectivity index (χ4v) is 4.07. The van der Waals surface area contributed by atoms with Crippen molar-refractivity contribution >= 4 is 23.8 Å². The second-order valence-corrected chi connectivity index (χ2v) is 7.95. The van der Waals surface area contributed by atoms with Gasteiger partial charge in [-0.3, -0.25) is 4.57 Å². The number of likely N-dealkylation sites (tertiary alicyclic amines) is 1. The van der Waals surface area contributed by atoms with Crippen LogP contribution in [0.1, 0.15) is 24.8 Å². The van der Waals surface area contributed by atoms with E-state index < -0.39 is 0 Å². The molecule has 1 saturated heterocycles. The molecule has 0 amide bonds. The van der Waals surface area contributed by atoms with Crippen molar-refractivity contribution in [1.29, 1.82) is 0 Å². The summed E-state index contributed by atoms with van der Waals surface area (Å²) in [5, 5.41) is 5.64. The highest BCUT2D eigenvalue weighted by Crippen LogP contribution is 2.22. The van der Waals surface area contributed by atoms with E-state index in [1.807, 2.05) is 35.0 Å². The van der Waals surface area contributed by atoms with Crippen molar-refractivity contribution in [3.05, 3.63) is 70.0 Å². The van der Waals surface area contributed by atoms with Crippen molar-refractivity contribution in [2.45, 2.75) is 32.5 Å². The lowest BCUT2D eigenvalue weighted by Crippen LogP contribution is -3.12. The van der Waals surface area contributed by atoms with Crippen LogP contribution in [-0.2, 0) is 13.2 Å². The van der Waals surface area contributed by atoms with E-state index in [0.29, 0.717) is 6.54 Å². The van der Waals surface area contributed by atoms with Gasteiger partial charge >= 0.3 is 0 Å². The molecule has 2 heterocycles. The van der Waals surface area contributed by atoms with Crippen molar-refractivity contribution in [2.24, 2.45) is 0 Å². The van der Waals surface area contributed by atoms with Crippen molar-refractivity contribution in [1.82, 2.24) is 14.3 Å². The van der Waals surface area contributed by atoms with Crippen molar-refractivity contribution < 1.29 is 4.90 Å². The third-order valence-electron chi connectivity index (χ3n) is 5.14. The molecule has 140 valence electrons. The Morgan fingerprint density at radius 3 is 2.37 bits per heavy atom. The zero-order valence-electron chi connectivity index (χ0n) is 15.3. The monoisotopic (exact) mass is 399 g/mol. The lowest BCUT2D eigenvalue weighted by atomic mass is 10.1. The highest BCUT2D eigenvalue weighted by molar-refractivity contribution is 7.71. The van der Waals surface area contributed by atoms with Gasteiger partial charge in [-0.05, 0) is 61.3 Å². The molecule has 4 rings (SSSR count). The number of hydrogen-bond donors (Lipinski definition) is 1. The number of quaternary nitrogens is 1. The van der Waals surface area contributed by atoms with Gasteiger partial charge in [0.15, 0.2) is 12.5 Å². The summed E-state index contributed by atoms with van der Waals surface area (Å²) in [5.41, 5.74) is 2.25. The average molecular weight is 400 g/mol. The maximum Gasteiger partial charge on any atom is 0.203 e. The number of nitrogens with one attached hydrogen (secondary N) is 1. The molecule has 1 aliphatic heterocycles. The molecule has 1 aliphatic rings. The molecule has 0 saturated carbocycles. The van der Waals surface area contributed by atoms with Gasteiger partial charge in [0.1, 0.15) is 0 Å². The van der Waals surface area contributed by atoms with E-state index in [0.717, 1.165) is 27.9 Å². The van der Waals surface area contributed by atoms with Gasteiger partial charge in [0.25, 0.3) is 0 Å². The summed E-state index contributed by atoms with van der Waals surface area (Å²) in [6.07, 6.45) is 3.92. The Bertz CT molecular complexity index is 941. The van der Waals surface area contributed by atoms with Crippen LogP contribution in [-0.4, -0.2) is 27.4 Å². The first-order valence-corrected chi connectivity index (χ1v) is 10.3. The minimum Gasteiger partial charge on any atom is -0.316 e. The van der Waals surface area contributed by atoms with E-state index in [-0.39, 0.29) is 0 Å². The largest absolute Gasteiger partial charge is 0.316 e. The number of rotatable bonds is 5. The van der Waals surface area contributed by atoms with Crippen molar-refractivity contribution in [2.75, 3.05) is 13.1 Å². The molecule has 0 unspecified atom stereocenters. The van der Waals surface area contributed by atoms with E-state index in [2.05, 4.69) is 28.8 Å². The summed E-state index contributed by atoms with van der Waals surface area (Å²) in [6.45, 7) is 3.95. The topological polar surface area (TPSA) is 27.2 Å². The number of piperidine rings is 1. The van der Waals surface area contributed by atoms with Gasteiger partial charge in [-0.15, -0.1) is 5.10 Å². The fourth-order valence-electron chi connectivity index (χ4n) is 3.69. The number of aromatic nitrogens is 3. The van der Waals surface area contributed by atoms with Crippen LogP contribution in [0.2, 0.25) is 5.02 Å². The Kier molecular flexibility index (Phi) is 5.72. The summed E-state index contributed by atoms with van der Waals surface area (Å²) in [6, 6.07) is 18.2. The average Bonchev–Trinajstić information content (AvgIpc) is 3.00. The van der Waals surface area contributed by atoms with Gasteiger partial charge in [-0.2, -0.15) is 4.68 Å². The van der Waals surface area contributed by atoms with Gasteiger partial charge in [0.05, 0.1) is 19.6 Å².